The first kappa shape index (κ1) is 10.6. The smallest absolute Gasteiger partial charge is 0.0828 e. The number of aromatic nitrogens is 2. The Morgan fingerprint density at radius 2 is 2.14 bits per heavy atom. The number of aryl methyl sites for hydroxylation is 1. The van der Waals surface area contributed by atoms with Gasteiger partial charge in [-0.25, -0.2) is 0 Å². The van der Waals surface area contributed by atoms with Crippen LogP contribution in [0.3, 0.4) is 0 Å². The van der Waals surface area contributed by atoms with Gasteiger partial charge in [-0.2, -0.15) is 5.10 Å². The van der Waals surface area contributed by atoms with Crippen molar-refractivity contribution in [3.8, 4) is 12.3 Å². The van der Waals surface area contributed by atoms with Crippen LogP contribution < -0.4 is 5.32 Å². The van der Waals surface area contributed by atoms with E-state index in [0.29, 0.717) is 12.6 Å². The Hall–Kier alpha value is -1.43. The van der Waals surface area contributed by atoms with E-state index in [4.69, 9.17) is 6.42 Å². The predicted molar refractivity (Wildman–Crippen MR) is 59.4 cm³/mol. The standard InChI is InChI=1S/C11H17N3/c1-6-7-12-11-9(4)13-14(8(2)3)10(11)5/h1,8,12H,7H2,2-5H3. The molecule has 1 aromatic rings. The van der Waals surface area contributed by atoms with Crippen LogP contribution in [0.15, 0.2) is 0 Å². The molecule has 0 radical (unpaired) electrons. The number of hydrogen-bond donors (Lipinski definition) is 1. The number of hydrogen-bond acceptors (Lipinski definition) is 2. The van der Waals surface area contributed by atoms with Crippen molar-refractivity contribution in [1.29, 1.82) is 0 Å². The van der Waals surface area contributed by atoms with Crippen molar-refractivity contribution in [2.45, 2.75) is 33.7 Å². The van der Waals surface area contributed by atoms with Gasteiger partial charge in [-0.05, 0) is 27.7 Å². The summed E-state index contributed by atoms with van der Waals surface area (Å²) in [7, 11) is 0. The molecule has 0 aliphatic rings. The van der Waals surface area contributed by atoms with E-state index >= 15 is 0 Å². The molecular formula is C11H17N3. The van der Waals surface area contributed by atoms with Crippen LogP contribution in [0.2, 0.25) is 0 Å². The van der Waals surface area contributed by atoms with Crippen molar-refractivity contribution in [2.24, 2.45) is 0 Å². The molecule has 0 aliphatic carbocycles. The molecular weight excluding hydrogens is 174 g/mol. The molecule has 0 saturated heterocycles. The van der Waals surface area contributed by atoms with Crippen LogP contribution in [0.5, 0.6) is 0 Å². The molecule has 0 atom stereocenters. The highest BCUT2D eigenvalue weighted by molar-refractivity contribution is 5.52. The molecule has 76 valence electrons. The van der Waals surface area contributed by atoms with Gasteiger partial charge in [0, 0.05) is 6.04 Å². The van der Waals surface area contributed by atoms with E-state index in [-0.39, 0.29) is 0 Å². The maximum atomic E-state index is 5.20. The molecule has 0 saturated carbocycles. The quantitative estimate of drug-likeness (QED) is 0.742. The Bertz CT molecular complexity index is 355. The number of anilines is 1. The van der Waals surface area contributed by atoms with E-state index in [9.17, 15) is 0 Å². The first-order chi connectivity index (χ1) is 6.57. The zero-order valence-electron chi connectivity index (χ0n) is 9.26. The number of nitrogens with zero attached hydrogens (tertiary/aromatic N) is 2. The lowest BCUT2D eigenvalue weighted by Crippen LogP contribution is -2.06. The molecule has 0 amide bonds. The minimum absolute atomic E-state index is 0.384. The third kappa shape index (κ3) is 1.90. The second kappa shape index (κ2) is 4.19. The van der Waals surface area contributed by atoms with Crippen LogP contribution in [0.1, 0.15) is 31.3 Å². The van der Waals surface area contributed by atoms with Crippen molar-refractivity contribution in [3.63, 3.8) is 0 Å². The molecule has 0 fully saturated rings. The van der Waals surface area contributed by atoms with Gasteiger partial charge >= 0.3 is 0 Å². The molecule has 0 unspecified atom stereocenters. The summed E-state index contributed by atoms with van der Waals surface area (Å²) in [5, 5.41) is 7.63. The van der Waals surface area contributed by atoms with Gasteiger partial charge in [0.2, 0.25) is 0 Å². The second-order valence-electron chi connectivity index (χ2n) is 3.64. The van der Waals surface area contributed by atoms with Gasteiger partial charge in [0.05, 0.1) is 23.6 Å². The number of terminal acetylenes is 1. The summed E-state index contributed by atoms with van der Waals surface area (Å²) in [5.41, 5.74) is 3.22. The average Bonchev–Trinajstić information content (AvgIpc) is 2.40. The van der Waals surface area contributed by atoms with Crippen LogP contribution in [-0.2, 0) is 0 Å². The zero-order chi connectivity index (χ0) is 10.7. The summed E-state index contributed by atoms with van der Waals surface area (Å²) in [4.78, 5) is 0. The van der Waals surface area contributed by atoms with Gasteiger partial charge in [0.1, 0.15) is 0 Å². The van der Waals surface area contributed by atoms with Crippen LogP contribution in [0.4, 0.5) is 5.69 Å². The van der Waals surface area contributed by atoms with Gasteiger partial charge in [-0.15, -0.1) is 6.42 Å². The fourth-order valence-corrected chi connectivity index (χ4v) is 1.56. The van der Waals surface area contributed by atoms with Gasteiger partial charge in [0.25, 0.3) is 0 Å². The Balaban J connectivity index is 3.00. The Labute approximate surface area is 85.5 Å². The third-order valence-electron chi connectivity index (χ3n) is 2.18. The van der Waals surface area contributed by atoms with E-state index in [1.165, 1.54) is 0 Å². The fourth-order valence-electron chi connectivity index (χ4n) is 1.56. The summed E-state index contributed by atoms with van der Waals surface area (Å²) in [6.45, 7) is 8.82. The number of nitrogens with one attached hydrogen (secondary N) is 1. The molecule has 0 bridgehead atoms. The molecule has 0 aliphatic heterocycles. The SMILES string of the molecule is C#CCNc1c(C)nn(C(C)C)c1C. The van der Waals surface area contributed by atoms with Gasteiger partial charge in [0.15, 0.2) is 0 Å². The van der Waals surface area contributed by atoms with E-state index in [1.54, 1.807) is 0 Å². The molecule has 1 N–H and O–H groups in total. The number of rotatable bonds is 3. The zero-order valence-corrected chi connectivity index (χ0v) is 9.26. The molecule has 1 rings (SSSR count). The Morgan fingerprint density at radius 1 is 1.50 bits per heavy atom. The summed E-state index contributed by atoms with van der Waals surface area (Å²) in [5.74, 6) is 2.56. The highest BCUT2D eigenvalue weighted by atomic mass is 15.3. The van der Waals surface area contributed by atoms with Crippen molar-refractivity contribution < 1.29 is 0 Å². The summed E-state index contributed by atoms with van der Waals surface area (Å²) < 4.78 is 2.01. The highest BCUT2D eigenvalue weighted by Crippen LogP contribution is 2.21. The molecule has 0 spiro atoms. The molecule has 0 aromatic carbocycles. The first-order valence-electron chi connectivity index (χ1n) is 4.81. The van der Waals surface area contributed by atoms with Crippen LogP contribution in [0.25, 0.3) is 0 Å². The largest absolute Gasteiger partial charge is 0.371 e. The molecule has 1 aromatic heterocycles. The monoisotopic (exact) mass is 191 g/mol. The second-order valence-corrected chi connectivity index (χ2v) is 3.64. The van der Waals surface area contributed by atoms with Crippen LogP contribution in [0, 0.1) is 26.2 Å². The average molecular weight is 191 g/mol. The van der Waals surface area contributed by atoms with Crippen LogP contribution >= 0.6 is 0 Å². The lowest BCUT2D eigenvalue weighted by Gasteiger charge is -2.08. The van der Waals surface area contributed by atoms with Gasteiger partial charge in [-0.1, -0.05) is 5.92 Å². The van der Waals surface area contributed by atoms with Gasteiger partial charge in [-0.3, -0.25) is 4.68 Å². The van der Waals surface area contributed by atoms with Crippen molar-refractivity contribution in [2.75, 3.05) is 11.9 Å². The first-order valence-corrected chi connectivity index (χ1v) is 4.81. The minimum atomic E-state index is 0.384. The Morgan fingerprint density at radius 3 is 2.57 bits per heavy atom. The molecule has 3 heteroatoms. The van der Waals surface area contributed by atoms with Gasteiger partial charge < -0.3 is 5.32 Å². The summed E-state index contributed by atoms with van der Waals surface area (Å²) in [6.07, 6.45) is 5.20. The fraction of sp³-hybridized carbons (Fsp3) is 0.545. The molecule has 1 heterocycles. The summed E-state index contributed by atoms with van der Waals surface area (Å²) in [6, 6.07) is 0.384. The summed E-state index contributed by atoms with van der Waals surface area (Å²) >= 11 is 0. The topological polar surface area (TPSA) is 29.9 Å². The predicted octanol–water partition coefficient (Wildman–Crippen LogP) is 2.13. The lowest BCUT2D eigenvalue weighted by atomic mass is 10.3. The highest BCUT2D eigenvalue weighted by Gasteiger charge is 2.11. The van der Waals surface area contributed by atoms with Crippen molar-refractivity contribution in [1.82, 2.24) is 9.78 Å². The maximum Gasteiger partial charge on any atom is 0.0828 e. The van der Waals surface area contributed by atoms with E-state index in [1.807, 2.05) is 11.6 Å². The minimum Gasteiger partial charge on any atom is -0.371 e. The molecule has 3 nitrogen and oxygen atoms in total. The Kier molecular flexibility index (Phi) is 3.19. The van der Waals surface area contributed by atoms with E-state index in [0.717, 1.165) is 17.1 Å². The van der Waals surface area contributed by atoms with Crippen LogP contribution in [-0.4, -0.2) is 16.3 Å². The van der Waals surface area contributed by atoms with Crippen molar-refractivity contribution in [3.05, 3.63) is 11.4 Å². The lowest BCUT2D eigenvalue weighted by molar-refractivity contribution is 0.516. The normalized spacial score (nSPS) is 10.3. The van der Waals surface area contributed by atoms with E-state index < -0.39 is 0 Å². The maximum absolute atomic E-state index is 5.20. The third-order valence-corrected chi connectivity index (χ3v) is 2.18. The molecule has 14 heavy (non-hydrogen) atoms. The van der Waals surface area contributed by atoms with E-state index in [2.05, 4.69) is 37.1 Å². The van der Waals surface area contributed by atoms with Crippen molar-refractivity contribution >= 4 is 5.69 Å².